The number of piperidine rings is 1. The third-order valence-electron chi connectivity index (χ3n) is 8.56. The second-order valence-electron chi connectivity index (χ2n) is 10.7. The molecule has 34 heavy (non-hydrogen) atoms. The number of likely N-dealkylation sites (tertiary alicyclic amines) is 1. The first-order valence-corrected chi connectivity index (χ1v) is 13.6. The molecule has 8 heteroatoms. The molecular weight excluding hydrogens is 475 g/mol. The number of hydrogen-bond acceptors (Lipinski definition) is 4. The van der Waals surface area contributed by atoms with Crippen molar-refractivity contribution in [3.8, 4) is 0 Å². The fourth-order valence-electron chi connectivity index (χ4n) is 6.83. The average Bonchev–Trinajstić information content (AvgIpc) is 3.64. The summed E-state index contributed by atoms with van der Waals surface area (Å²) in [5, 5.41) is 10.9. The summed E-state index contributed by atoms with van der Waals surface area (Å²) in [7, 11) is -3.38. The first-order chi connectivity index (χ1) is 15.7. The van der Waals surface area contributed by atoms with Crippen LogP contribution < -0.4 is 4.72 Å². The number of halogens is 2. The molecule has 3 atom stereocenters. The van der Waals surface area contributed by atoms with Gasteiger partial charge >= 0.3 is 0 Å². The minimum absolute atomic E-state index is 0. The van der Waals surface area contributed by atoms with Crippen molar-refractivity contribution in [1.29, 1.82) is 0 Å². The Morgan fingerprint density at radius 2 is 1.71 bits per heavy atom. The number of sulfonamides is 1. The van der Waals surface area contributed by atoms with Gasteiger partial charge in [-0.25, -0.2) is 12.8 Å². The highest BCUT2D eigenvalue weighted by atomic mass is 35.5. The van der Waals surface area contributed by atoms with Crippen LogP contribution in [0.1, 0.15) is 42.9 Å². The number of anilines is 1. The highest BCUT2D eigenvalue weighted by Crippen LogP contribution is 2.66. The Balaban J connectivity index is 0.00000241. The summed E-state index contributed by atoms with van der Waals surface area (Å²) in [5.74, 6) is 0.413. The van der Waals surface area contributed by atoms with E-state index in [9.17, 15) is 13.5 Å². The Labute approximate surface area is 207 Å². The van der Waals surface area contributed by atoms with E-state index >= 15 is 4.39 Å². The molecule has 3 aliphatic carbocycles. The Hall–Kier alpha value is -1.67. The van der Waals surface area contributed by atoms with Crippen LogP contribution in [0.2, 0.25) is 0 Å². The van der Waals surface area contributed by atoms with E-state index in [-0.39, 0.29) is 28.9 Å². The normalized spacial score (nSPS) is 29.3. The molecule has 0 bridgehead atoms. The van der Waals surface area contributed by atoms with Gasteiger partial charge in [0.25, 0.3) is 0 Å². The van der Waals surface area contributed by atoms with E-state index in [1.54, 1.807) is 6.07 Å². The van der Waals surface area contributed by atoms with Crippen molar-refractivity contribution in [3.63, 3.8) is 0 Å². The number of rotatable bonds is 7. The van der Waals surface area contributed by atoms with Crippen molar-refractivity contribution < 1.29 is 17.9 Å². The standard InChI is InChI=1S/C26H31FN2O3S.ClH/c1-2-26(21-11-19(7-10-24(21)27)28-33(31,32)20-8-9-20)22-14-29(15-23(22)26)16-25(30)12-17-5-3-4-6-18(17)13-25;/h3-7,10-11,20,22-23,28,30H,2,8-9,12-16H2,1H3;1H/t22-,23+,26+;. The van der Waals surface area contributed by atoms with Crippen molar-refractivity contribution in [1.82, 2.24) is 4.90 Å². The zero-order chi connectivity index (χ0) is 23.0. The molecule has 0 spiro atoms. The van der Waals surface area contributed by atoms with E-state index in [4.69, 9.17) is 0 Å². The molecule has 1 heterocycles. The first kappa shape index (κ1) is 24.0. The molecule has 0 radical (unpaired) electrons. The van der Waals surface area contributed by atoms with Crippen molar-refractivity contribution in [2.24, 2.45) is 11.8 Å². The van der Waals surface area contributed by atoms with Crippen LogP contribution in [0, 0.1) is 17.7 Å². The Bertz CT molecular complexity index is 1180. The molecule has 2 aromatic carbocycles. The molecular formula is C26H32ClFN2O3S. The Morgan fingerprint density at radius 3 is 2.26 bits per heavy atom. The van der Waals surface area contributed by atoms with Gasteiger partial charge in [0.1, 0.15) is 5.82 Å². The van der Waals surface area contributed by atoms with Crippen LogP contribution in [-0.2, 0) is 28.3 Å². The molecule has 2 saturated carbocycles. The maximum absolute atomic E-state index is 15.0. The molecule has 3 fully saturated rings. The van der Waals surface area contributed by atoms with E-state index in [1.807, 2.05) is 12.1 Å². The number of nitrogens with one attached hydrogen (secondary N) is 1. The molecule has 4 aliphatic rings. The molecule has 0 amide bonds. The van der Waals surface area contributed by atoms with Gasteiger partial charge in [-0.15, -0.1) is 12.4 Å². The fraction of sp³-hybridized carbons (Fsp3) is 0.538. The lowest BCUT2D eigenvalue weighted by atomic mass is 9.86. The van der Waals surface area contributed by atoms with E-state index in [0.29, 0.717) is 55.3 Å². The van der Waals surface area contributed by atoms with E-state index < -0.39 is 15.6 Å². The van der Waals surface area contributed by atoms with Gasteiger partial charge in [0.15, 0.2) is 0 Å². The lowest BCUT2D eigenvalue weighted by Gasteiger charge is -2.32. The highest BCUT2D eigenvalue weighted by Gasteiger charge is 2.68. The maximum atomic E-state index is 15.0. The highest BCUT2D eigenvalue weighted by molar-refractivity contribution is 7.93. The summed E-state index contributed by atoms with van der Waals surface area (Å²) in [4.78, 5) is 2.34. The van der Waals surface area contributed by atoms with E-state index in [2.05, 4.69) is 28.7 Å². The van der Waals surface area contributed by atoms with Gasteiger partial charge in [-0.2, -0.15) is 0 Å². The van der Waals surface area contributed by atoms with Crippen LogP contribution >= 0.6 is 12.4 Å². The monoisotopic (exact) mass is 506 g/mol. The Morgan fingerprint density at radius 1 is 1.09 bits per heavy atom. The molecule has 0 aromatic heterocycles. The van der Waals surface area contributed by atoms with Gasteiger partial charge in [-0.3, -0.25) is 9.62 Å². The number of nitrogens with zero attached hydrogens (tertiary/aromatic N) is 1. The van der Waals surface area contributed by atoms with Crippen molar-refractivity contribution in [2.45, 2.75) is 55.3 Å². The van der Waals surface area contributed by atoms with Gasteiger partial charge in [-0.05, 0) is 66.0 Å². The molecule has 0 unspecified atom stereocenters. The third-order valence-corrected chi connectivity index (χ3v) is 10.4. The topological polar surface area (TPSA) is 69.6 Å². The summed E-state index contributed by atoms with van der Waals surface area (Å²) < 4.78 is 42.4. The van der Waals surface area contributed by atoms with Crippen LogP contribution in [0.15, 0.2) is 42.5 Å². The minimum Gasteiger partial charge on any atom is -0.388 e. The van der Waals surface area contributed by atoms with Crippen molar-refractivity contribution >= 4 is 28.1 Å². The van der Waals surface area contributed by atoms with Gasteiger partial charge in [0.05, 0.1) is 10.9 Å². The van der Waals surface area contributed by atoms with E-state index in [0.717, 1.165) is 19.5 Å². The second-order valence-corrected chi connectivity index (χ2v) is 12.6. The number of fused-ring (bicyclic) bond motifs is 2. The second kappa shape index (κ2) is 8.19. The largest absolute Gasteiger partial charge is 0.388 e. The molecule has 5 nitrogen and oxygen atoms in total. The summed E-state index contributed by atoms with van der Waals surface area (Å²) in [6.45, 7) is 4.42. The average molecular weight is 507 g/mol. The van der Waals surface area contributed by atoms with Crippen molar-refractivity contribution in [2.75, 3.05) is 24.4 Å². The number of hydrogen-bond donors (Lipinski definition) is 2. The van der Waals surface area contributed by atoms with Gasteiger partial charge in [0.2, 0.25) is 10.0 Å². The van der Waals surface area contributed by atoms with E-state index in [1.165, 1.54) is 23.3 Å². The molecule has 2 aromatic rings. The van der Waals surface area contributed by atoms with Crippen LogP contribution in [-0.4, -0.2) is 48.9 Å². The molecule has 184 valence electrons. The smallest absolute Gasteiger partial charge is 0.235 e. The summed E-state index contributed by atoms with van der Waals surface area (Å²) in [5.41, 5.74) is 2.60. The summed E-state index contributed by atoms with van der Waals surface area (Å²) in [6.07, 6.45) is 3.58. The minimum atomic E-state index is -3.38. The Kier molecular flexibility index (Phi) is 5.79. The molecule has 1 aliphatic heterocycles. The molecule has 6 rings (SSSR count). The maximum Gasteiger partial charge on any atom is 0.235 e. The fourth-order valence-corrected chi connectivity index (χ4v) is 8.21. The van der Waals surface area contributed by atoms with Gasteiger partial charge < -0.3 is 5.11 Å². The third kappa shape index (κ3) is 3.85. The number of aliphatic hydroxyl groups is 1. The predicted molar refractivity (Wildman–Crippen MR) is 133 cm³/mol. The van der Waals surface area contributed by atoms with Crippen LogP contribution in [0.4, 0.5) is 10.1 Å². The van der Waals surface area contributed by atoms with Crippen molar-refractivity contribution in [3.05, 3.63) is 65.0 Å². The zero-order valence-corrected chi connectivity index (χ0v) is 21.0. The molecule has 1 saturated heterocycles. The summed E-state index contributed by atoms with van der Waals surface area (Å²) in [6, 6.07) is 12.9. The first-order valence-electron chi connectivity index (χ1n) is 12.1. The predicted octanol–water partition coefficient (Wildman–Crippen LogP) is 3.89. The lowest BCUT2D eigenvalue weighted by molar-refractivity contribution is 0.0138. The number of β-amino-alcohol motifs (C(OH)–C–C–N with tert-alkyl or cyclic N) is 1. The van der Waals surface area contributed by atoms with Crippen LogP contribution in [0.25, 0.3) is 0 Å². The lowest BCUT2D eigenvalue weighted by Crippen LogP contribution is -2.45. The zero-order valence-electron chi connectivity index (χ0n) is 19.3. The van der Waals surface area contributed by atoms with Crippen LogP contribution in [0.3, 0.4) is 0 Å². The SMILES string of the molecule is CC[C@]1(c2cc(NS(=O)(=O)C3CC3)ccc2F)[C@@H]2CN(CC3(O)Cc4ccccc4C3)C[C@@H]21.Cl. The van der Waals surface area contributed by atoms with Crippen LogP contribution in [0.5, 0.6) is 0 Å². The van der Waals surface area contributed by atoms with Gasteiger partial charge in [0, 0.05) is 43.6 Å². The number of benzene rings is 2. The summed E-state index contributed by atoms with van der Waals surface area (Å²) >= 11 is 0. The van der Waals surface area contributed by atoms with Gasteiger partial charge in [-0.1, -0.05) is 31.2 Å². The quantitative estimate of drug-likeness (QED) is 0.597. The molecule has 2 N–H and O–H groups in total.